The highest BCUT2D eigenvalue weighted by Crippen LogP contribution is 2.20. The van der Waals surface area contributed by atoms with Gasteiger partial charge < -0.3 is 5.32 Å². The van der Waals surface area contributed by atoms with Crippen LogP contribution >= 0.6 is 0 Å². The van der Waals surface area contributed by atoms with Crippen LogP contribution in [0.15, 0.2) is 24.5 Å². The summed E-state index contributed by atoms with van der Waals surface area (Å²) in [6.45, 7) is 5.16. The van der Waals surface area contributed by atoms with Gasteiger partial charge in [0.15, 0.2) is 0 Å². The van der Waals surface area contributed by atoms with Crippen LogP contribution in [0.1, 0.15) is 43.3 Å². The Morgan fingerprint density at radius 2 is 2.20 bits per heavy atom. The molecule has 0 unspecified atom stereocenters. The van der Waals surface area contributed by atoms with Gasteiger partial charge in [0.05, 0.1) is 0 Å². The molecule has 1 saturated carbocycles. The molecule has 20 heavy (non-hydrogen) atoms. The van der Waals surface area contributed by atoms with Crippen molar-refractivity contribution in [2.75, 3.05) is 0 Å². The first-order valence-corrected chi connectivity index (χ1v) is 7.50. The topological polar surface area (TPSA) is 42.7 Å². The van der Waals surface area contributed by atoms with Crippen molar-refractivity contribution < 1.29 is 0 Å². The van der Waals surface area contributed by atoms with Crippen LogP contribution in [0.2, 0.25) is 0 Å². The second-order valence-corrected chi connectivity index (χ2v) is 5.59. The molecule has 106 valence electrons. The van der Waals surface area contributed by atoms with Gasteiger partial charge in [-0.1, -0.05) is 6.92 Å². The number of imidazole rings is 1. The lowest BCUT2D eigenvalue weighted by Gasteiger charge is -2.10. The van der Waals surface area contributed by atoms with E-state index < -0.39 is 0 Å². The SMILES string of the molecule is CCCc1nccn1-c1cc(CNC2CC2)cc(C)n1. The Morgan fingerprint density at radius 3 is 2.95 bits per heavy atom. The normalized spacial score (nSPS) is 14.7. The van der Waals surface area contributed by atoms with Crippen LogP contribution in [0.4, 0.5) is 0 Å². The lowest BCUT2D eigenvalue weighted by Crippen LogP contribution is -2.16. The van der Waals surface area contributed by atoms with Gasteiger partial charge in [0.1, 0.15) is 11.6 Å². The summed E-state index contributed by atoms with van der Waals surface area (Å²) in [6, 6.07) is 5.06. The Hall–Kier alpha value is -1.68. The van der Waals surface area contributed by atoms with Gasteiger partial charge in [0.2, 0.25) is 0 Å². The van der Waals surface area contributed by atoms with Gasteiger partial charge in [-0.15, -0.1) is 0 Å². The molecule has 3 rings (SSSR count). The van der Waals surface area contributed by atoms with Gasteiger partial charge in [-0.3, -0.25) is 4.57 Å². The van der Waals surface area contributed by atoms with E-state index in [1.54, 1.807) is 0 Å². The van der Waals surface area contributed by atoms with E-state index in [-0.39, 0.29) is 0 Å². The highest BCUT2D eigenvalue weighted by atomic mass is 15.1. The summed E-state index contributed by atoms with van der Waals surface area (Å²) in [7, 11) is 0. The van der Waals surface area contributed by atoms with Gasteiger partial charge in [0, 0.05) is 37.1 Å². The van der Waals surface area contributed by atoms with Crippen LogP contribution < -0.4 is 5.32 Å². The third-order valence-corrected chi connectivity index (χ3v) is 3.61. The molecule has 0 saturated heterocycles. The number of hydrogen-bond acceptors (Lipinski definition) is 3. The lowest BCUT2D eigenvalue weighted by atomic mass is 10.2. The van der Waals surface area contributed by atoms with Gasteiger partial charge >= 0.3 is 0 Å². The Bertz CT molecular complexity index is 584. The molecule has 1 aliphatic rings. The third-order valence-electron chi connectivity index (χ3n) is 3.61. The molecule has 0 atom stereocenters. The number of aryl methyl sites for hydroxylation is 2. The van der Waals surface area contributed by atoms with Gasteiger partial charge in [-0.25, -0.2) is 9.97 Å². The molecule has 4 nitrogen and oxygen atoms in total. The predicted molar refractivity (Wildman–Crippen MR) is 80.0 cm³/mol. The Labute approximate surface area is 120 Å². The van der Waals surface area contributed by atoms with E-state index in [0.29, 0.717) is 0 Å². The van der Waals surface area contributed by atoms with Crippen molar-refractivity contribution >= 4 is 0 Å². The van der Waals surface area contributed by atoms with E-state index in [4.69, 9.17) is 0 Å². The monoisotopic (exact) mass is 270 g/mol. The summed E-state index contributed by atoms with van der Waals surface area (Å²) < 4.78 is 2.11. The van der Waals surface area contributed by atoms with E-state index in [2.05, 4.69) is 45.8 Å². The number of rotatable bonds is 6. The predicted octanol–water partition coefficient (Wildman–Crippen LogP) is 2.78. The van der Waals surface area contributed by atoms with Gasteiger partial charge in [0.25, 0.3) is 0 Å². The van der Waals surface area contributed by atoms with Crippen molar-refractivity contribution in [2.24, 2.45) is 0 Å². The van der Waals surface area contributed by atoms with E-state index in [9.17, 15) is 0 Å². The van der Waals surface area contributed by atoms with Crippen LogP contribution in [-0.2, 0) is 13.0 Å². The van der Waals surface area contributed by atoms with Crippen LogP contribution in [0.3, 0.4) is 0 Å². The molecule has 1 fully saturated rings. The van der Waals surface area contributed by atoms with E-state index in [0.717, 1.165) is 42.8 Å². The summed E-state index contributed by atoms with van der Waals surface area (Å²) in [5.74, 6) is 2.07. The number of pyridine rings is 1. The second kappa shape index (κ2) is 5.75. The third kappa shape index (κ3) is 3.07. The van der Waals surface area contributed by atoms with Crippen molar-refractivity contribution in [3.05, 3.63) is 41.6 Å². The standard InChI is InChI=1S/C16H22N4/c1-3-4-15-17-7-8-20(15)16-10-13(9-12(2)19-16)11-18-14-5-6-14/h7-10,14,18H,3-6,11H2,1-2H3. The van der Waals surface area contributed by atoms with Gasteiger partial charge in [-0.05, 0) is 43.9 Å². The fraction of sp³-hybridized carbons (Fsp3) is 0.500. The maximum absolute atomic E-state index is 4.66. The molecule has 0 aromatic carbocycles. The molecular weight excluding hydrogens is 248 g/mol. The Kier molecular flexibility index (Phi) is 3.83. The highest BCUT2D eigenvalue weighted by Gasteiger charge is 2.20. The summed E-state index contributed by atoms with van der Waals surface area (Å²) in [6.07, 6.45) is 8.58. The summed E-state index contributed by atoms with van der Waals surface area (Å²) >= 11 is 0. The zero-order chi connectivity index (χ0) is 13.9. The average Bonchev–Trinajstić information content (AvgIpc) is 3.14. The van der Waals surface area contributed by atoms with E-state index >= 15 is 0 Å². The summed E-state index contributed by atoms with van der Waals surface area (Å²) in [5.41, 5.74) is 2.36. The molecule has 4 heteroatoms. The smallest absolute Gasteiger partial charge is 0.138 e. The largest absolute Gasteiger partial charge is 0.310 e. The first-order chi connectivity index (χ1) is 9.76. The minimum atomic E-state index is 0.732. The minimum absolute atomic E-state index is 0.732. The maximum atomic E-state index is 4.66. The van der Waals surface area contributed by atoms with Crippen LogP contribution in [0, 0.1) is 6.92 Å². The Morgan fingerprint density at radius 1 is 1.35 bits per heavy atom. The van der Waals surface area contributed by atoms with Crippen LogP contribution in [0.5, 0.6) is 0 Å². The molecule has 1 N–H and O–H groups in total. The zero-order valence-electron chi connectivity index (χ0n) is 12.3. The number of nitrogens with zero attached hydrogens (tertiary/aromatic N) is 3. The fourth-order valence-electron chi connectivity index (χ4n) is 2.45. The molecule has 0 spiro atoms. The maximum Gasteiger partial charge on any atom is 0.138 e. The average molecular weight is 270 g/mol. The van der Waals surface area contributed by atoms with Crippen LogP contribution in [0.25, 0.3) is 5.82 Å². The highest BCUT2D eigenvalue weighted by molar-refractivity contribution is 5.32. The summed E-state index contributed by atoms with van der Waals surface area (Å²) in [5, 5.41) is 3.56. The number of hydrogen-bond donors (Lipinski definition) is 1. The molecule has 0 bridgehead atoms. The van der Waals surface area contributed by atoms with Gasteiger partial charge in [-0.2, -0.15) is 0 Å². The molecule has 0 amide bonds. The van der Waals surface area contributed by atoms with Crippen molar-refractivity contribution in [3.8, 4) is 5.82 Å². The van der Waals surface area contributed by atoms with E-state index in [1.165, 1.54) is 18.4 Å². The first kappa shape index (κ1) is 13.3. The number of nitrogens with one attached hydrogen (secondary N) is 1. The Balaban J connectivity index is 1.85. The van der Waals surface area contributed by atoms with Crippen molar-refractivity contribution in [1.29, 1.82) is 0 Å². The fourth-order valence-corrected chi connectivity index (χ4v) is 2.45. The molecule has 0 radical (unpaired) electrons. The molecule has 0 aliphatic heterocycles. The summed E-state index contributed by atoms with van der Waals surface area (Å²) in [4.78, 5) is 9.09. The first-order valence-electron chi connectivity index (χ1n) is 7.50. The van der Waals surface area contributed by atoms with Crippen molar-refractivity contribution in [2.45, 2.75) is 52.1 Å². The van der Waals surface area contributed by atoms with E-state index in [1.807, 2.05) is 12.4 Å². The zero-order valence-corrected chi connectivity index (χ0v) is 12.3. The molecule has 2 aromatic rings. The van der Waals surface area contributed by atoms with Crippen LogP contribution in [-0.4, -0.2) is 20.6 Å². The van der Waals surface area contributed by atoms with Crippen molar-refractivity contribution in [3.63, 3.8) is 0 Å². The molecule has 1 aliphatic carbocycles. The number of aromatic nitrogens is 3. The molecule has 2 heterocycles. The molecule has 2 aromatic heterocycles. The quantitative estimate of drug-likeness (QED) is 0.877. The molecular formula is C16H22N4. The lowest BCUT2D eigenvalue weighted by molar-refractivity contribution is 0.685. The minimum Gasteiger partial charge on any atom is -0.310 e. The van der Waals surface area contributed by atoms with Crippen molar-refractivity contribution in [1.82, 2.24) is 19.9 Å². The second-order valence-electron chi connectivity index (χ2n) is 5.59.